The van der Waals surface area contributed by atoms with Crippen LogP contribution in [0.5, 0.6) is 5.75 Å². The highest BCUT2D eigenvalue weighted by Gasteiger charge is 2.22. The first-order valence-corrected chi connectivity index (χ1v) is 7.14. The van der Waals surface area contributed by atoms with E-state index in [2.05, 4.69) is 26.2 Å². The molecule has 116 valence electrons. The molecule has 0 saturated carbocycles. The number of rotatable bonds is 4. The van der Waals surface area contributed by atoms with Crippen molar-refractivity contribution in [3.05, 3.63) is 24.0 Å². The van der Waals surface area contributed by atoms with Gasteiger partial charge in [-0.1, -0.05) is 0 Å². The van der Waals surface area contributed by atoms with Crippen LogP contribution in [-0.2, 0) is 4.79 Å². The van der Waals surface area contributed by atoms with Crippen molar-refractivity contribution in [3.8, 4) is 11.4 Å². The largest absolute Gasteiger partial charge is 0.494 e. The quantitative estimate of drug-likeness (QED) is 0.855. The van der Waals surface area contributed by atoms with Gasteiger partial charge in [0.15, 0.2) is 5.82 Å². The Morgan fingerprint density at radius 2 is 2.36 bits per heavy atom. The number of hydrogen-bond acceptors (Lipinski definition) is 6. The van der Waals surface area contributed by atoms with Gasteiger partial charge in [0, 0.05) is 12.2 Å². The van der Waals surface area contributed by atoms with Crippen molar-refractivity contribution in [1.29, 1.82) is 0 Å². The van der Waals surface area contributed by atoms with Gasteiger partial charge >= 0.3 is 0 Å². The van der Waals surface area contributed by atoms with Gasteiger partial charge in [-0.3, -0.25) is 4.79 Å². The second-order valence-corrected chi connectivity index (χ2v) is 5.20. The fraction of sp³-hybridized carbons (Fsp3) is 0.429. The zero-order valence-corrected chi connectivity index (χ0v) is 12.5. The van der Waals surface area contributed by atoms with Gasteiger partial charge in [-0.2, -0.15) is 4.68 Å². The SMILES string of the molecule is COc1ccc(NC(=O)C2CCNC2)cc1-n1nnnc1C. The van der Waals surface area contributed by atoms with Gasteiger partial charge in [-0.15, -0.1) is 5.10 Å². The molecule has 1 aliphatic heterocycles. The molecule has 1 aromatic carbocycles. The van der Waals surface area contributed by atoms with Gasteiger partial charge in [0.05, 0.1) is 13.0 Å². The predicted octanol–water partition coefficient (Wildman–Crippen LogP) is 0.527. The number of hydrogen-bond donors (Lipinski definition) is 2. The number of carbonyl (C=O) groups is 1. The molecular weight excluding hydrogens is 284 g/mol. The van der Waals surface area contributed by atoms with Crippen molar-refractivity contribution in [1.82, 2.24) is 25.5 Å². The minimum Gasteiger partial charge on any atom is -0.494 e. The average Bonchev–Trinajstić information content (AvgIpc) is 3.18. The summed E-state index contributed by atoms with van der Waals surface area (Å²) in [7, 11) is 1.58. The third kappa shape index (κ3) is 2.77. The van der Waals surface area contributed by atoms with Crippen molar-refractivity contribution in [2.75, 3.05) is 25.5 Å². The second kappa shape index (κ2) is 6.10. The first-order valence-electron chi connectivity index (χ1n) is 7.14. The lowest BCUT2D eigenvalue weighted by Crippen LogP contribution is -2.24. The third-order valence-electron chi connectivity index (χ3n) is 3.73. The minimum absolute atomic E-state index is 0.0142. The molecule has 8 heteroatoms. The molecule has 1 atom stereocenters. The number of carbonyl (C=O) groups excluding carboxylic acids is 1. The lowest BCUT2D eigenvalue weighted by Gasteiger charge is -2.13. The summed E-state index contributed by atoms with van der Waals surface area (Å²) in [6, 6.07) is 5.41. The molecule has 1 amide bonds. The van der Waals surface area contributed by atoms with Gasteiger partial charge < -0.3 is 15.4 Å². The number of benzene rings is 1. The summed E-state index contributed by atoms with van der Waals surface area (Å²) in [5.41, 5.74) is 1.38. The highest BCUT2D eigenvalue weighted by molar-refractivity contribution is 5.93. The third-order valence-corrected chi connectivity index (χ3v) is 3.73. The van der Waals surface area contributed by atoms with E-state index < -0.39 is 0 Å². The maximum Gasteiger partial charge on any atom is 0.228 e. The standard InChI is InChI=1S/C14H18N6O2/c1-9-17-18-19-20(9)12-7-11(3-4-13(12)22-2)16-14(21)10-5-6-15-8-10/h3-4,7,10,15H,5-6,8H2,1-2H3,(H,16,21). The van der Waals surface area contributed by atoms with Crippen molar-refractivity contribution in [2.24, 2.45) is 5.92 Å². The maximum atomic E-state index is 12.2. The lowest BCUT2D eigenvalue weighted by atomic mass is 10.1. The molecule has 0 radical (unpaired) electrons. The molecule has 8 nitrogen and oxygen atoms in total. The van der Waals surface area contributed by atoms with Crippen LogP contribution in [0, 0.1) is 12.8 Å². The van der Waals surface area contributed by atoms with Crippen LogP contribution >= 0.6 is 0 Å². The van der Waals surface area contributed by atoms with Crippen LogP contribution in [-0.4, -0.2) is 46.3 Å². The summed E-state index contributed by atoms with van der Waals surface area (Å²) in [5.74, 6) is 1.31. The molecule has 0 bridgehead atoms. The molecule has 1 aliphatic rings. The molecule has 1 fully saturated rings. The summed E-state index contributed by atoms with van der Waals surface area (Å²) in [4.78, 5) is 12.2. The molecular formula is C14H18N6O2. The number of amides is 1. The van der Waals surface area contributed by atoms with E-state index >= 15 is 0 Å². The molecule has 3 rings (SSSR count). The Balaban J connectivity index is 1.87. The Morgan fingerprint density at radius 1 is 1.50 bits per heavy atom. The molecule has 2 aromatic rings. The van der Waals surface area contributed by atoms with Crippen molar-refractivity contribution in [3.63, 3.8) is 0 Å². The first-order chi connectivity index (χ1) is 10.7. The number of anilines is 1. The molecule has 1 aromatic heterocycles. The number of nitrogens with zero attached hydrogens (tertiary/aromatic N) is 4. The Bertz CT molecular complexity index is 678. The molecule has 2 N–H and O–H groups in total. The van der Waals surface area contributed by atoms with E-state index in [1.165, 1.54) is 0 Å². The summed E-state index contributed by atoms with van der Waals surface area (Å²) in [5, 5.41) is 17.6. The maximum absolute atomic E-state index is 12.2. The van der Waals surface area contributed by atoms with Crippen molar-refractivity contribution in [2.45, 2.75) is 13.3 Å². The fourth-order valence-electron chi connectivity index (χ4n) is 2.51. The van der Waals surface area contributed by atoms with Gasteiger partial charge in [-0.05, 0) is 48.5 Å². The minimum atomic E-state index is 0.0142. The van der Waals surface area contributed by atoms with E-state index in [0.29, 0.717) is 22.9 Å². The molecule has 0 spiro atoms. The summed E-state index contributed by atoms with van der Waals surface area (Å²) in [6.07, 6.45) is 0.862. The number of ether oxygens (including phenoxy) is 1. The van der Waals surface area contributed by atoms with E-state index in [1.54, 1.807) is 24.8 Å². The number of methoxy groups -OCH3 is 1. The van der Waals surface area contributed by atoms with E-state index in [4.69, 9.17) is 4.74 Å². The second-order valence-electron chi connectivity index (χ2n) is 5.20. The Morgan fingerprint density at radius 3 is 3.00 bits per heavy atom. The van der Waals surface area contributed by atoms with Crippen LogP contribution in [0.1, 0.15) is 12.2 Å². The van der Waals surface area contributed by atoms with Crippen molar-refractivity contribution < 1.29 is 9.53 Å². The molecule has 22 heavy (non-hydrogen) atoms. The van der Waals surface area contributed by atoms with Crippen LogP contribution in [0.4, 0.5) is 5.69 Å². The Labute approximate surface area is 127 Å². The molecule has 1 unspecified atom stereocenters. The van der Waals surface area contributed by atoms with Crippen LogP contribution < -0.4 is 15.4 Å². The lowest BCUT2D eigenvalue weighted by molar-refractivity contribution is -0.119. The van der Waals surface area contributed by atoms with Gasteiger partial charge in [0.2, 0.25) is 5.91 Å². The predicted molar refractivity (Wildman–Crippen MR) is 80.0 cm³/mol. The monoisotopic (exact) mass is 302 g/mol. The Kier molecular flexibility index (Phi) is 4.01. The number of nitrogens with one attached hydrogen (secondary N) is 2. The van der Waals surface area contributed by atoms with Crippen LogP contribution in [0.15, 0.2) is 18.2 Å². The van der Waals surface area contributed by atoms with Gasteiger partial charge in [0.1, 0.15) is 11.4 Å². The smallest absolute Gasteiger partial charge is 0.228 e. The molecule has 0 aliphatic carbocycles. The highest BCUT2D eigenvalue weighted by Crippen LogP contribution is 2.26. The average molecular weight is 302 g/mol. The Hall–Kier alpha value is -2.48. The van der Waals surface area contributed by atoms with Crippen LogP contribution in [0.3, 0.4) is 0 Å². The van der Waals surface area contributed by atoms with Crippen LogP contribution in [0.25, 0.3) is 5.69 Å². The van der Waals surface area contributed by atoms with Crippen LogP contribution in [0.2, 0.25) is 0 Å². The highest BCUT2D eigenvalue weighted by atomic mass is 16.5. The summed E-state index contributed by atoms with van der Waals surface area (Å²) >= 11 is 0. The number of tetrazole rings is 1. The zero-order chi connectivity index (χ0) is 15.5. The topological polar surface area (TPSA) is 94.0 Å². The van der Waals surface area contributed by atoms with Crippen molar-refractivity contribution >= 4 is 11.6 Å². The van der Waals surface area contributed by atoms with Gasteiger partial charge in [0.25, 0.3) is 0 Å². The molecule has 2 heterocycles. The van der Waals surface area contributed by atoms with E-state index in [9.17, 15) is 4.79 Å². The molecule has 1 saturated heterocycles. The normalized spacial score (nSPS) is 17.5. The van der Waals surface area contributed by atoms with Gasteiger partial charge in [-0.25, -0.2) is 0 Å². The van der Waals surface area contributed by atoms with E-state index in [1.807, 2.05) is 12.1 Å². The summed E-state index contributed by atoms with van der Waals surface area (Å²) < 4.78 is 6.92. The number of aromatic nitrogens is 4. The zero-order valence-electron chi connectivity index (χ0n) is 12.5. The number of aryl methyl sites for hydroxylation is 1. The summed E-state index contributed by atoms with van der Waals surface area (Å²) in [6.45, 7) is 3.41. The fourth-order valence-corrected chi connectivity index (χ4v) is 2.51. The first kappa shape index (κ1) is 14.5. The van der Waals surface area contributed by atoms with E-state index in [0.717, 1.165) is 19.5 Å². The van der Waals surface area contributed by atoms with E-state index in [-0.39, 0.29) is 11.8 Å².